The minimum atomic E-state index is -0.0420. The van der Waals surface area contributed by atoms with Crippen molar-refractivity contribution in [3.05, 3.63) is 71.2 Å². The molecule has 7 nitrogen and oxygen atoms in total. The summed E-state index contributed by atoms with van der Waals surface area (Å²) in [7, 11) is 0. The zero-order valence-electron chi connectivity index (χ0n) is 17.2. The molecule has 4 aromatic rings. The third-order valence-corrected chi connectivity index (χ3v) is 6.45. The number of hydrogen-bond acceptors (Lipinski definition) is 6. The number of aryl methyl sites for hydroxylation is 1. The molecule has 1 fully saturated rings. The third kappa shape index (κ3) is 3.94. The van der Waals surface area contributed by atoms with Crippen molar-refractivity contribution in [1.29, 1.82) is 0 Å². The fourth-order valence-electron chi connectivity index (χ4n) is 3.79. The Kier molecular flexibility index (Phi) is 5.21. The number of piperazine rings is 1. The summed E-state index contributed by atoms with van der Waals surface area (Å²) >= 11 is 1.62. The van der Waals surface area contributed by atoms with Crippen molar-refractivity contribution in [2.24, 2.45) is 0 Å². The van der Waals surface area contributed by atoms with Gasteiger partial charge in [0.05, 0.1) is 16.3 Å². The normalized spacial score (nSPS) is 14.1. The highest BCUT2D eigenvalue weighted by atomic mass is 32.1. The van der Waals surface area contributed by atoms with E-state index in [2.05, 4.69) is 44.4 Å². The molecule has 0 spiro atoms. The molecule has 1 aromatic carbocycles. The second-order valence-corrected chi connectivity index (χ2v) is 8.46. The van der Waals surface area contributed by atoms with Crippen LogP contribution in [0.15, 0.2) is 60.0 Å². The number of H-pyrrole nitrogens is 1. The van der Waals surface area contributed by atoms with E-state index in [4.69, 9.17) is 0 Å². The monoisotopic (exact) mass is 430 g/mol. The molecule has 31 heavy (non-hydrogen) atoms. The van der Waals surface area contributed by atoms with E-state index >= 15 is 0 Å². The van der Waals surface area contributed by atoms with E-state index in [0.29, 0.717) is 31.9 Å². The smallest absolute Gasteiger partial charge is 0.274 e. The van der Waals surface area contributed by atoms with Gasteiger partial charge < -0.3 is 9.80 Å². The molecule has 8 heteroatoms. The summed E-state index contributed by atoms with van der Waals surface area (Å²) in [6.07, 6.45) is 0. The first-order chi connectivity index (χ1) is 15.2. The molecular weight excluding hydrogens is 408 g/mol. The average molecular weight is 431 g/mol. The number of nitrogens with one attached hydrogen (secondary N) is 1. The van der Waals surface area contributed by atoms with Crippen molar-refractivity contribution in [1.82, 2.24) is 25.3 Å². The maximum Gasteiger partial charge on any atom is 0.274 e. The summed E-state index contributed by atoms with van der Waals surface area (Å²) in [4.78, 5) is 17.9. The lowest BCUT2D eigenvalue weighted by Crippen LogP contribution is -2.49. The zero-order valence-corrected chi connectivity index (χ0v) is 18.0. The van der Waals surface area contributed by atoms with E-state index in [0.717, 1.165) is 27.6 Å². The molecule has 5 rings (SSSR count). The summed E-state index contributed by atoms with van der Waals surface area (Å²) in [5.74, 6) is 0.795. The quantitative estimate of drug-likeness (QED) is 0.532. The SMILES string of the molecule is Cc1ccccc1-c1ccc(N2CCN(C(=O)c3cc(-c4cccs4)[nH]n3)CC2)nn1. The molecule has 156 valence electrons. The molecule has 0 aliphatic carbocycles. The van der Waals surface area contributed by atoms with Crippen LogP contribution in [-0.4, -0.2) is 57.4 Å². The standard InChI is InChI=1S/C23H22N6OS/c1-16-5-2-3-6-17(16)18-8-9-22(27-24-18)28-10-12-29(13-11-28)23(30)20-15-19(25-26-20)21-7-4-14-31-21/h2-9,14-15H,10-13H2,1H3,(H,25,26). The lowest BCUT2D eigenvalue weighted by atomic mass is 10.1. The van der Waals surface area contributed by atoms with Crippen LogP contribution in [-0.2, 0) is 0 Å². The number of nitrogens with zero attached hydrogens (tertiary/aromatic N) is 5. The maximum atomic E-state index is 12.9. The van der Waals surface area contributed by atoms with Crippen LogP contribution >= 0.6 is 11.3 Å². The molecule has 3 aromatic heterocycles. The molecule has 1 aliphatic heterocycles. The summed E-state index contributed by atoms with van der Waals surface area (Å²) in [6, 6.07) is 18.0. The number of aromatic amines is 1. The lowest BCUT2D eigenvalue weighted by Gasteiger charge is -2.34. The molecule has 4 heterocycles. The number of aromatic nitrogens is 4. The van der Waals surface area contributed by atoms with Crippen LogP contribution in [0.25, 0.3) is 21.8 Å². The Bertz CT molecular complexity index is 1180. The number of rotatable bonds is 4. The Hall–Kier alpha value is -3.52. The van der Waals surface area contributed by atoms with Gasteiger partial charge in [-0.2, -0.15) is 5.10 Å². The summed E-state index contributed by atoms with van der Waals surface area (Å²) in [5, 5.41) is 18.1. The van der Waals surface area contributed by atoms with Gasteiger partial charge in [-0.1, -0.05) is 30.3 Å². The predicted molar refractivity (Wildman–Crippen MR) is 122 cm³/mol. The topological polar surface area (TPSA) is 78.0 Å². The summed E-state index contributed by atoms with van der Waals surface area (Å²) < 4.78 is 0. The number of thiophene rings is 1. The number of carbonyl (C=O) groups is 1. The van der Waals surface area contributed by atoms with E-state index in [1.807, 2.05) is 52.7 Å². The van der Waals surface area contributed by atoms with Gasteiger partial charge in [0.25, 0.3) is 5.91 Å². The Morgan fingerprint density at radius 3 is 2.55 bits per heavy atom. The van der Waals surface area contributed by atoms with Crippen LogP contribution in [0.4, 0.5) is 5.82 Å². The van der Waals surface area contributed by atoms with Crippen molar-refractivity contribution in [2.75, 3.05) is 31.1 Å². The van der Waals surface area contributed by atoms with E-state index < -0.39 is 0 Å². The summed E-state index contributed by atoms with van der Waals surface area (Å²) in [6.45, 7) is 4.76. The number of carbonyl (C=O) groups excluding carboxylic acids is 1. The van der Waals surface area contributed by atoms with Gasteiger partial charge in [-0.25, -0.2) is 0 Å². The molecule has 0 bridgehead atoms. The first kappa shape index (κ1) is 19.4. The van der Waals surface area contributed by atoms with Gasteiger partial charge in [-0.3, -0.25) is 9.89 Å². The van der Waals surface area contributed by atoms with Gasteiger partial charge in [0, 0.05) is 31.7 Å². The van der Waals surface area contributed by atoms with E-state index in [1.165, 1.54) is 5.56 Å². The average Bonchev–Trinajstić information content (AvgIpc) is 3.51. The van der Waals surface area contributed by atoms with Gasteiger partial charge in [0.1, 0.15) is 0 Å². The summed E-state index contributed by atoms with van der Waals surface area (Å²) in [5.41, 5.74) is 4.48. The Labute approximate surface area is 184 Å². The van der Waals surface area contributed by atoms with Crippen molar-refractivity contribution in [3.63, 3.8) is 0 Å². The van der Waals surface area contributed by atoms with Crippen LogP contribution in [0.2, 0.25) is 0 Å². The second-order valence-electron chi connectivity index (χ2n) is 7.52. The number of amides is 1. The van der Waals surface area contributed by atoms with Crippen molar-refractivity contribution in [2.45, 2.75) is 6.92 Å². The molecule has 1 amide bonds. The van der Waals surface area contributed by atoms with Crippen molar-refractivity contribution < 1.29 is 4.79 Å². The van der Waals surface area contributed by atoms with Crippen molar-refractivity contribution in [3.8, 4) is 21.8 Å². The lowest BCUT2D eigenvalue weighted by molar-refractivity contribution is 0.0740. The van der Waals surface area contributed by atoms with Gasteiger partial charge in [-0.15, -0.1) is 21.5 Å². The molecular formula is C23H22N6OS. The zero-order chi connectivity index (χ0) is 21.2. The molecule has 0 radical (unpaired) electrons. The van der Waals surface area contributed by atoms with E-state index in [9.17, 15) is 4.79 Å². The maximum absolute atomic E-state index is 12.9. The predicted octanol–water partition coefficient (Wildman–Crippen LogP) is 3.87. The fraction of sp³-hybridized carbons (Fsp3) is 0.217. The van der Waals surface area contributed by atoms with Gasteiger partial charge >= 0.3 is 0 Å². The second kappa shape index (κ2) is 8.31. The largest absolute Gasteiger partial charge is 0.352 e. The molecule has 0 unspecified atom stereocenters. The van der Waals surface area contributed by atoms with Crippen LogP contribution in [0.5, 0.6) is 0 Å². The minimum Gasteiger partial charge on any atom is -0.352 e. The van der Waals surface area contributed by atoms with E-state index in [-0.39, 0.29) is 5.91 Å². The van der Waals surface area contributed by atoms with Crippen LogP contribution in [0.1, 0.15) is 16.1 Å². The molecule has 1 aliphatic rings. The van der Waals surface area contributed by atoms with Crippen LogP contribution in [0.3, 0.4) is 0 Å². The highest BCUT2D eigenvalue weighted by Crippen LogP contribution is 2.24. The molecule has 1 saturated heterocycles. The van der Waals surface area contributed by atoms with Gasteiger partial charge in [-0.05, 0) is 42.1 Å². The Morgan fingerprint density at radius 2 is 1.84 bits per heavy atom. The molecule has 0 atom stereocenters. The third-order valence-electron chi connectivity index (χ3n) is 5.55. The molecule has 1 N–H and O–H groups in total. The fourth-order valence-corrected chi connectivity index (χ4v) is 4.48. The first-order valence-electron chi connectivity index (χ1n) is 10.2. The van der Waals surface area contributed by atoms with Gasteiger partial charge in [0.2, 0.25) is 0 Å². The number of anilines is 1. The van der Waals surface area contributed by atoms with Crippen molar-refractivity contribution >= 4 is 23.1 Å². The van der Waals surface area contributed by atoms with Crippen LogP contribution in [0, 0.1) is 6.92 Å². The highest BCUT2D eigenvalue weighted by molar-refractivity contribution is 7.13. The van der Waals surface area contributed by atoms with Crippen LogP contribution < -0.4 is 4.90 Å². The van der Waals surface area contributed by atoms with E-state index in [1.54, 1.807) is 11.3 Å². The Morgan fingerprint density at radius 1 is 1.00 bits per heavy atom. The number of hydrogen-bond donors (Lipinski definition) is 1. The van der Waals surface area contributed by atoms with Gasteiger partial charge in [0.15, 0.2) is 11.5 Å². The highest BCUT2D eigenvalue weighted by Gasteiger charge is 2.25. The number of benzene rings is 1. The first-order valence-corrected chi connectivity index (χ1v) is 11.1. The minimum absolute atomic E-state index is 0.0420. The molecule has 0 saturated carbocycles. The Balaban J connectivity index is 1.22.